The fourth-order valence-electron chi connectivity index (χ4n) is 0.927. The molecule has 0 amide bonds. The van der Waals surface area contributed by atoms with E-state index in [1.165, 1.54) is 0 Å². The summed E-state index contributed by atoms with van der Waals surface area (Å²) in [6.07, 6.45) is 1.00. The van der Waals surface area contributed by atoms with Crippen LogP contribution in [0.4, 0.5) is 11.9 Å². The Labute approximate surface area is 94.9 Å². The van der Waals surface area contributed by atoms with Crippen molar-refractivity contribution in [3.8, 4) is 0 Å². The molecule has 0 aromatic carbocycles. The predicted molar refractivity (Wildman–Crippen MR) is 62.5 cm³/mol. The molecule has 0 aliphatic rings. The molecule has 1 atom stereocenters. The van der Waals surface area contributed by atoms with Crippen molar-refractivity contribution >= 4 is 23.5 Å². The summed E-state index contributed by atoms with van der Waals surface area (Å²) < 4.78 is 0. The first-order valence-corrected chi connectivity index (χ1v) is 5.26. The topological polar surface area (TPSA) is 53.9 Å². The molecule has 1 N–H and O–H groups in total. The summed E-state index contributed by atoms with van der Waals surface area (Å²) in [5, 5.41) is 3.36. The molecule has 5 nitrogen and oxygen atoms in total. The van der Waals surface area contributed by atoms with Crippen molar-refractivity contribution in [1.82, 2.24) is 15.0 Å². The van der Waals surface area contributed by atoms with E-state index in [-0.39, 0.29) is 5.28 Å². The van der Waals surface area contributed by atoms with Crippen molar-refractivity contribution in [2.45, 2.75) is 26.3 Å². The van der Waals surface area contributed by atoms with Crippen LogP contribution in [0.3, 0.4) is 0 Å². The van der Waals surface area contributed by atoms with Crippen molar-refractivity contribution in [3.05, 3.63) is 5.28 Å². The van der Waals surface area contributed by atoms with E-state index in [1.807, 2.05) is 14.1 Å². The van der Waals surface area contributed by atoms with Gasteiger partial charge in [0.2, 0.25) is 17.2 Å². The molecule has 0 bridgehead atoms. The molecular formula is C9H16ClN5. The van der Waals surface area contributed by atoms with Gasteiger partial charge in [-0.2, -0.15) is 15.0 Å². The summed E-state index contributed by atoms with van der Waals surface area (Å²) in [5.74, 6) is 1.08. The van der Waals surface area contributed by atoms with E-state index in [0.29, 0.717) is 17.9 Å². The number of hydrogen-bond donors (Lipinski definition) is 1. The second-order valence-corrected chi connectivity index (χ2v) is 3.91. The van der Waals surface area contributed by atoms with Gasteiger partial charge in [0.1, 0.15) is 0 Å². The van der Waals surface area contributed by atoms with Gasteiger partial charge >= 0.3 is 0 Å². The Balaban J connectivity index is 2.88. The van der Waals surface area contributed by atoms with E-state index < -0.39 is 0 Å². The Morgan fingerprint density at radius 2 is 2.00 bits per heavy atom. The SMILES string of the molecule is CCC(C)Nc1nc(Cl)nc(N(C)C)n1. The first-order valence-electron chi connectivity index (χ1n) is 4.88. The van der Waals surface area contributed by atoms with E-state index >= 15 is 0 Å². The zero-order valence-corrected chi connectivity index (χ0v) is 10.2. The molecule has 0 saturated carbocycles. The monoisotopic (exact) mass is 229 g/mol. The first kappa shape index (κ1) is 12.0. The lowest BCUT2D eigenvalue weighted by atomic mass is 10.3. The van der Waals surface area contributed by atoms with E-state index in [4.69, 9.17) is 11.6 Å². The maximum absolute atomic E-state index is 5.79. The molecule has 84 valence electrons. The maximum atomic E-state index is 5.79. The number of hydrogen-bond acceptors (Lipinski definition) is 5. The zero-order chi connectivity index (χ0) is 11.4. The number of nitrogens with one attached hydrogen (secondary N) is 1. The smallest absolute Gasteiger partial charge is 0.230 e. The summed E-state index contributed by atoms with van der Waals surface area (Å²) in [4.78, 5) is 14.0. The van der Waals surface area contributed by atoms with Crippen molar-refractivity contribution < 1.29 is 0 Å². The van der Waals surface area contributed by atoms with Crippen molar-refractivity contribution in [2.24, 2.45) is 0 Å². The number of aromatic nitrogens is 3. The van der Waals surface area contributed by atoms with Gasteiger partial charge < -0.3 is 10.2 Å². The largest absolute Gasteiger partial charge is 0.352 e. The molecule has 0 radical (unpaired) electrons. The minimum absolute atomic E-state index is 0.208. The predicted octanol–water partition coefficient (Wildman–Crippen LogP) is 1.80. The molecule has 6 heteroatoms. The van der Waals surface area contributed by atoms with Gasteiger partial charge in [0.15, 0.2) is 0 Å². The highest BCUT2D eigenvalue weighted by Crippen LogP contribution is 2.12. The summed E-state index contributed by atoms with van der Waals surface area (Å²) in [5.41, 5.74) is 0. The molecule has 1 heterocycles. The normalized spacial score (nSPS) is 12.3. The third kappa shape index (κ3) is 3.51. The van der Waals surface area contributed by atoms with E-state index in [1.54, 1.807) is 4.90 Å². The lowest BCUT2D eigenvalue weighted by Crippen LogP contribution is -2.19. The number of rotatable bonds is 4. The van der Waals surface area contributed by atoms with Crippen LogP contribution in [0.15, 0.2) is 0 Å². The van der Waals surface area contributed by atoms with Crippen molar-refractivity contribution in [1.29, 1.82) is 0 Å². The van der Waals surface area contributed by atoms with Gasteiger partial charge in [0.25, 0.3) is 0 Å². The van der Waals surface area contributed by atoms with E-state index in [2.05, 4.69) is 34.1 Å². The summed E-state index contributed by atoms with van der Waals surface area (Å²) in [7, 11) is 3.72. The average Bonchev–Trinajstić information content (AvgIpc) is 2.16. The standard InChI is InChI=1S/C9H16ClN5/c1-5-6(2)11-8-12-7(10)13-9(14-8)15(3)4/h6H,5H2,1-4H3,(H,11,12,13,14). The molecular weight excluding hydrogens is 214 g/mol. The Hall–Kier alpha value is -1.10. The highest BCUT2D eigenvalue weighted by molar-refractivity contribution is 6.28. The summed E-state index contributed by atoms with van der Waals surface area (Å²) >= 11 is 5.79. The molecule has 1 rings (SSSR count). The second-order valence-electron chi connectivity index (χ2n) is 3.58. The Morgan fingerprint density at radius 3 is 2.53 bits per heavy atom. The van der Waals surface area contributed by atoms with Gasteiger partial charge in [-0.25, -0.2) is 0 Å². The van der Waals surface area contributed by atoms with Crippen LogP contribution in [0.5, 0.6) is 0 Å². The van der Waals surface area contributed by atoms with Gasteiger partial charge in [-0.15, -0.1) is 0 Å². The molecule has 0 aliphatic heterocycles. The molecule has 0 fully saturated rings. The highest BCUT2D eigenvalue weighted by Gasteiger charge is 2.07. The molecule has 0 saturated heterocycles. The molecule has 0 spiro atoms. The third-order valence-corrected chi connectivity index (χ3v) is 2.15. The van der Waals surface area contributed by atoms with E-state index in [9.17, 15) is 0 Å². The fraction of sp³-hybridized carbons (Fsp3) is 0.667. The van der Waals surface area contributed by atoms with Gasteiger partial charge in [0.05, 0.1) is 0 Å². The van der Waals surface area contributed by atoms with Crippen LogP contribution in [0.25, 0.3) is 0 Å². The van der Waals surface area contributed by atoms with Crippen LogP contribution < -0.4 is 10.2 Å². The van der Waals surface area contributed by atoms with Crippen molar-refractivity contribution in [2.75, 3.05) is 24.3 Å². The Bertz CT molecular complexity index is 328. The number of anilines is 2. The molecule has 15 heavy (non-hydrogen) atoms. The molecule has 0 aliphatic carbocycles. The molecule has 1 aromatic rings. The Morgan fingerprint density at radius 1 is 1.33 bits per heavy atom. The van der Waals surface area contributed by atoms with Crippen LogP contribution in [-0.2, 0) is 0 Å². The summed E-state index contributed by atoms with van der Waals surface area (Å²) in [6.45, 7) is 4.15. The van der Waals surface area contributed by atoms with Crippen LogP contribution >= 0.6 is 11.6 Å². The van der Waals surface area contributed by atoms with E-state index in [0.717, 1.165) is 6.42 Å². The number of halogens is 1. The fourth-order valence-corrected chi connectivity index (χ4v) is 1.08. The molecule has 1 aromatic heterocycles. The van der Waals surface area contributed by atoms with Crippen LogP contribution in [0, 0.1) is 0 Å². The van der Waals surface area contributed by atoms with Gasteiger partial charge in [-0.1, -0.05) is 6.92 Å². The highest BCUT2D eigenvalue weighted by atomic mass is 35.5. The zero-order valence-electron chi connectivity index (χ0n) is 9.45. The van der Waals surface area contributed by atoms with Crippen LogP contribution in [0.1, 0.15) is 20.3 Å². The minimum Gasteiger partial charge on any atom is -0.352 e. The lowest BCUT2D eigenvalue weighted by molar-refractivity contribution is 0.749. The van der Waals surface area contributed by atoms with Crippen LogP contribution in [0.2, 0.25) is 5.28 Å². The van der Waals surface area contributed by atoms with Crippen LogP contribution in [-0.4, -0.2) is 35.1 Å². The van der Waals surface area contributed by atoms with Gasteiger partial charge in [-0.3, -0.25) is 0 Å². The summed E-state index contributed by atoms with van der Waals surface area (Å²) in [6, 6.07) is 0.318. The maximum Gasteiger partial charge on any atom is 0.230 e. The van der Waals surface area contributed by atoms with Gasteiger partial charge in [0, 0.05) is 20.1 Å². The first-order chi connectivity index (χ1) is 7.02. The Kier molecular flexibility index (Phi) is 4.08. The van der Waals surface area contributed by atoms with Gasteiger partial charge in [-0.05, 0) is 24.9 Å². The number of nitrogens with zero attached hydrogens (tertiary/aromatic N) is 4. The average molecular weight is 230 g/mol. The lowest BCUT2D eigenvalue weighted by Gasteiger charge is -2.14. The molecule has 1 unspecified atom stereocenters. The third-order valence-electron chi connectivity index (χ3n) is 1.98. The second kappa shape index (κ2) is 5.11. The quantitative estimate of drug-likeness (QED) is 0.854. The van der Waals surface area contributed by atoms with Crippen molar-refractivity contribution in [3.63, 3.8) is 0 Å². The minimum atomic E-state index is 0.208.